The summed E-state index contributed by atoms with van der Waals surface area (Å²) in [5, 5.41) is 2.30. The van der Waals surface area contributed by atoms with Crippen LogP contribution in [-0.4, -0.2) is 0 Å². The molecule has 0 aliphatic carbocycles. The van der Waals surface area contributed by atoms with Crippen molar-refractivity contribution in [2.45, 2.75) is 0 Å². The smallest absolute Gasteiger partial charge is 0 e. The van der Waals surface area contributed by atoms with Crippen LogP contribution in [0.5, 0.6) is 0 Å². The average Bonchev–Trinajstić information content (AvgIpc) is 2.62. The van der Waals surface area contributed by atoms with E-state index in [0.717, 1.165) is 27.6 Å². The van der Waals surface area contributed by atoms with E-state index in [4.69, 9.17) is 0 Å². The van der Waals surface area contributed by atoms with E-state index >= 15 is 0 Å². The molecule has 0 aliphatic rings. The summed E-state index contributed by atoms with van der Waals surface area (Å²) in [5.41, 5.74) is 4.07. The topological polar surface area (TPSA) is 0 Å². The molecule has 113 valence electrons. The summed E-state index contributed by atoms with van der Waals surface area (Å²) in [6.07, 6.45) is 0. The maximum absolute atomic E-state index is 3.49. The molecule has 0 aromatic heterocycles. The van der Waals surface area contributed by atoms with E-state index in [1.807, 2.05) is 48.5 Å². The summed E-state index contributed by atoms with van der Waals surface area (Å²) in [6.45, 7) is 0. The van der Waals surface area contributed by atoms with Gasteiger partial charge >= 0.3 is 0 Å². The fourth-order valence-corrected chi connectivity index (χ4v) is 2.63. The van der Waals surface area contributed by atoms with E-state index in [2.05, 4.69) is 48.5 Å². The average molecular weight is 543 g/mol. The zero-order valence-electron chi connectivity index (χ0n) is 13.7. The van der Waals surface area contributed by atoms with Gasteiger partial charge in [-0.2, -0.15) is 36.4 Å². The summed E-state index contributed by atoms with van der Waals surface area (Å²) < 4.78 is 0. The summed E-state index contributed by atoms with van der Waals surface area (Å²) in [6, 6.07) is 37.6. The number of hydrogen-bond acceptors (Lipinski definition) is 0. The van der Waals surface area contributed by atoms with Crippen LogP contribution in [-0.2, 0) is 98.1 Å². The van der Waals surface area contributed by atoms with Crippen LogP contribution in [0.15, 0.2) is 72.8 Å². The SMILES string of the molecule is [Y].[Y].[Y].[c-]1ccccc1-c1[c-]cc[c-]c1-c1[c-]c2ccccc2cc1. The van der Waals surface area contributed by atoms with Gasteiger partial charge < -0.3 is 0 Å². The van der Waals surface area contributed by atoms with E-state index < -0.39 is 0 Å². The van der Waals surface area contributed by atoms with Gasteiger partial charge in [0.2, 0.25) is 0 Å². The predicted octanol–water partition coefficient (Wildman–Crippen LogP) is 5.37. The van der Waals surface area contributed by atoms with Crippen molar-refractivity contribution >= 4 is 10.8 Å². The molecule has 0 heterocycles. The molecule has 0 fully saturated rings. The fraction of sp³-hybridized carbons (Fsp3) is 0. The van der Waals surface area contributed by atoms with Crippen molar-refractivity contribution in [3.8, 4) is 22.3 Å². The van der Waals surface area contributed by atoms with Crippen LogP contribution < -0.4 is 0 Å². The molecule has 0 aliphatic heterocycles. The van der Waals surface area contributed by atoms with Crippen molar-refractivity contribution in [1.29, 1.82) is 0 Å². The third-order valence-electron chi connectivity index (χ3n) is 3.70. The first-order chi connectivity index (χ1) is 10.9. The molecule has 0 N–H and O–H groups in total. The molecule has 0 spiro atoms. The standard InChI is InChI=1S/C22H12.3Y/c1-2-9-18(10-3-1)21-12-6-7-13-22(21)20-15-14-17-8-4-5-11-19(17)16-20;;;/h1-9,11,14-15H;;;/q-4;;;. The van der Waals surface area contributed by atoms with Gasteiger partial charge in [0.1, 0.15) is 0 Å². The minimum absolute atomic E-state index is 0. The van der Waals surface area contributed by atoms with Crippen molar-refractivity contribution in [2.75, 3.05) is 0 Å². The zero-order valence-corrected chi connectivity index (χ0v) is 22.2. The fourth-order valence-electron chi connectivity index (χ4n) is 2.63. The molecule has 25 heavy (non-hydrogen) atoms. The largest absolute Gasteiger partial charge is 0.245 e. The minimum atomic E-state index is 0. The molecule has 0 atom stereocenters. The zero-order chi connectivity index (χ0) is 14.8. The second-order valence-electron chi connectivity index (χ2n) is 5.11. The molecule has 0 saturated carbocycles. The molecule has 0 saturated heterocycles. The maximum atomic E-state index is 3.49. The van der Waals surface area contributed by atoms with Crippen LogP contribution in [0.1, 0.15) is 0 Å². The van der Waals surface area contributed by atoms with Gasteiger partial charge in [0.05, 0.1) is 0 Å². The van der Waals surface area contributed by atoms with E-state index in [0.29, 0.717) is 0 Å². The van der Waals surface area contributed by atoms with E-state index in [-0.39, 0.29) is 98.1 Å². The van der Waals surface area contributed by atoms with E-state index in [9.17, 15) is 0 Å². The van der Waals surface area contributed by atoms with Gasteiger partial charge in [-0.3, -0.25) is 0 Å². The van der Waals surface area contributed by atoms with Gasteiger partial charge in [-0.1, -0.05) is 23.6 Å². The molecule has 0 nitrogen and oxygen atoms in total. The first-order valence-corrected chi connectivity index (χ1v) is 7.23. The van der Waals surface area contributed by atoms with Gasteiger partial charge in [-0.15, -0.1) is 23.6 Å². The Bertz CT molecular complexity index is 934. The molecule has 0 bridgehead atoms. The quantitative estimate of drug-likeness (QED) is 0.299. The summed E-state index contributed by atoms with van der Waals surface area (Å²) in [5.74, 6) is 0. The Morgan fingerprint density at radius 1 is 0.520 bits per heavy atom. The molecule has 4 rings (SSSR count). The van der Waals surface area contributed by atoms with Crippen LogP contribution >= 0.6 is 0 Å². The Hall–Kier alpha value is 0.452. The van der Waals surface area contributed by atoms with Crippen LogP contribution in [0.25, 0.3) is 33.0 Å². The Morgan fingerprint density at radius 2 is 1.20 bits per heavy atom. The van der Waals surface area contributed by atoms with Crippen molar-refractivity contribution in [3.05, 3.63) is 97.1 Å². The Balaban J connectivity index is 0.00000104. The van der Waals surface area contributed by atoms with Gasteiger partial charge in [-0.05, 0) is 0 Å². The van der Waals surface area contributed by atoms with Crippen molar-refractivity contribution in [3.63, 3.8) is 0 Å². The normalized spacial score (nSPS) is 9.44. The maximum Gasteiger partial charge on any atom is 0 e. The minimum Gasteiger partial charge on any atom is -0.245 e. The monoisotopic (exact) mass is 543 g/mol. The second-order valence-corrected chi connectivity index (χ2v) is 5.11. The Morgan fingerprint density at radius 3 is 1.92 bits per heavy atom. The first kappa shape index (κ1) is 23.5. The van der Waals surface area contributed by atoms with Crippen molar-refractivity contribution in [2.24, 2.45) is 0 Å². The molecule has 0 unspecified atom stereocenters. The summed E-state index contributed by atoms with van der Waals surface area (Å²) in [4.78, 5) is 0. The Labute approximate surface area is 224 Å². The number of hydrogen-bond donors (Lipinski definition) is 0. The van der Waals surface area contributed by atoms with Gasteiger partial charge in [0, 0.05) is 98.1 Å². The molecule has 4 aromatic carbocycles. The predicted molar refractivity (Wildman–Crippen MR) is 90.2 cm³/mol. The summed E-state index contributed by atoms with van der Waals surface area (Å²) >= 11 is 0. The molecule has 3 heteroatoms. The van der Waals surface area contributed by atoms with Crippen LogP contribution in [0.3, 0.4) is 0 Å². The first-order valence-electron chi connectivity index (χ1n) is 7.23. The van der Waals surface area contributed by atoms with Crippen LogP contribution in [0, 0.1) is 24.3 Å². The molecule has 4 aromatic rings. The summed E-state index contributed by atoms with van der Waals surface area (Å²) in [7, 11) is 0. The van der Waals surface area contributed by atoms with Crippen LogP contribution in [0.2, 0.25) is 0 Å². The third-order valence-corrected chi connectivity index (χ3v) is 3.70. The van der Waals surface area contributed by atoms with Gasteiger partial charge in [-0.25, -0.2) is 46.5 Å². The number of benzene rings is 4. The second kappa shape index (κ2) is 11.3. The Kier molecular flexibility index (Phi) is 10.6. The van der Waals surface area contributed by atoms with Crippen molar-refractivity contribution < 1.29 is 98.1 Å². The van der Waals surface area contributed by atoms with Gasteiger partial charge in [0.25, 0.3) is 0 Å². The third kappa shape index (κ3) is 5.47. The van der Waals surface area contributed by atoms with E-state index in [1.54, 1.807) is 0 Å². The number of fused-ring (bicyclic) bond motifs is 1. The molecule has 0 amide bonds. The van der Waals surface area contributed by atoms with Crippen molar-refractivity contribution in [1.82, 2.24) is 0 Å². The van der Waals surface area contributed by atoms with E-state index in [1.165, 1.54) is 5.39 Å². The molecular formula is C22H12Y3-4. The number of rotatable bonds is 2. The van der Waals surface area contributed by atoms with Crippen LogP contribution in [0.4, 0.5) is 0 Å². The molecule has 3 radical (unpaired) electrons. The molecular weight excluding hydrogens is 531 g/mol. The van der Waals surface area contributed by atoms with Gasteiger partial charge in [0.15, 0.2) is 0 Å².